The number of rotatable bonds is 3. The first-order valence-corrected chi connectivity index (χ1v) is 9.26. The molecule has 26 heavy (non-hydrogen) atoms. The summed E-state index contributed by atoms with van der Waals surface area (Å²) < 4.78 is 1.48. The highest BCUT2D eigenvalue weighted by Gasteiger charge is 2.20. The van der Waals surface area contributed by atoms with E-state index in [0.717, 1.165) is 5.69 Å². The fourth-order valence-corrected chi connectivity index (χ4v) is 4.04. The van der Waals surface area contributed by atoms with Crippen molar-refractivity contribution in [2.45, 2.75) is 6.92 Å². The fraction of sp³-hybridized carbons (Fsp3) is 0.105. The number of hydrogen-bond donors (Lipinski definition) is 0. The van der Waals surface area contributed by atoms with E-state index in [1.807, 2.05) is 19.1 Å². The number of carbonyl (C=O) groups is 1. The van der Waals surface area contributed by atoms with Gasteiger partial charge in [0.05, 0.1) is 10.3 Å². The Bertz CT molecular complexity index is 1200. The van der Waals surface area contributed by atoms with Crippen LogP contribution in [0.25, 0.3) is 15.9 Å². The van der Waals surface area contributed by atoms with Gasteiger partial charge in [0.25, 0.3) is 11.5 Å². The van der Waals surface area contributed by atoms with E-state index < -0.39 is 0 Å². The van der Waals surface area contributed by atoms with Crippen molar-refractivity contribution in [1.29, 1.82) is 0 Å². The molecule has 4 aromatic rings. The molecular weight excluding hydrogens is 370 g/mol. The number of halogens is 1. The van der Waals surface area contributed by atoms with Crippen LogP contribution in [-0.2, 0) is 0 Å². The molecule has 0 spiro atoms. The Morgan fingerprint density at radius 2 is 2.08 bits per heavy atom. The molecule has 0 N–H and O–H groups in total. The van der Waals surface area contributed by atoms with E-state index in [4.69, 9.17) is 11.6 Å². The highest BCUT2D eigenvalue weighted by Crippen LogP contribution is 2.26. The molecule has 4 rings (SSSR count). The maximum absolute atomic E-state index is 13.0. The monoisotopic (exact) mass is 383 g/mol. The van der Waals surface area contributed by atoms with Gasteiger partial charge in [0.15, 0.2) is 0 Å². The molecule has 0 radical (unpaired) electrons. The number of carbonyl (C=O) groups excluding carboxylic acids is 1. The van der Waals surface area contributed by atoms with Crippen molar-refractivity contribution in [3.63, 3.8) is 0 Å². The van der Waals surface area contributed by atoms with E-state index in [1.165, 1.54) is 15.7 Å². The summed E-state index contributed by atoms with van der Waals surface area (Å²) in [5.41, 5.74) is 1.11. The van der Waals surface area contributed by atoms with Gasteiger partial charge in [-0.05, 0) is 43.3 Å². The Balaban J connectivity index is 1.83. The predicted octanol–water partition coefficient (Wildman–Crippen LogP) is 4.23. The van der Waals surface area contributed by atoms with E-state index in [0.29, 0.717) is 32.3 Å². The minimum Gasteiger partial charge on any atom is -0.308 e. The van der Waals surface area contributed by atoms with Gasteiger partial charge in [-0.3, -0.25) is 14.0 Å². The van der Waals surface area contributed by atoms with Gasteiger partial charge in [0, 0.05) is 23.5 Å². The van der Waals surface area contributed by atoms with E-state index in [-0.39, 0.29) is 11.5 Å². The largest absolute Gasteiger partial charge is 0.308 e. The van der Waals surface area contributed by atoms with Gasteiger partial charge < -0.3 is 4.90 Å². The molecule has 0 bridgehead atoms. The lowest BCUT2D eigenvalue weighted by molar-refractivity contribution is 0.0992. The highest BCUT2D eigenvalue weighted by molar-refractivity contribution is 7.20. The zero-order chi connectivity index (χ0) is 18.3. The number of amides is 1. The first-order chi connectivity index (χ1) is 12.6. The molecule has 0 fully saturated rings. The lowest BCUT2D eigenvalue weighted by atomic mass is 10.2. The number of benzene rings is 1. The van der Waals surface area contributed by atoms with E-state index in [1.54, 1.807) is 47.5 Å². The quantitative estimate of drug-likeness (QED) is 0.532. The molecule has 5 nitrogen and oxygen atoms in total. The van der Waals surface area contributed by atoms with Crippen LogP contribution < -0.4 is 10.5 Å². The van der Waals surface area contributed by atoms with Crippen molar-refractivity contribution < 1.29 is 4.79 Å². The van der Waals surface area contributed by atoms with Gasteiger partial charge in [0.2, 0.25) is 0 Å². The number of nitrogens with zero attached hydrogens (tertiary/aromatic N) is 3. The molecule has 130 valence electrons. The second-order valence-corrected chi connectivity index (χ2v) is 7.17. The van der Waals surface area contributed by atoms with Crippen LogP contribution in [0, 0.1) is 0 Å². The van der Waals surface area contributed by atoms with Crippen LogP contribution in [-0.4, -0.2) is 21.8 Å². The van der Waals surface area contributed by atoms with Gasteiger partial charge >= 0.3 is 0 Å². The third-order valence-electron chi connectivity index (χ3n) is 4.11. The second-order valence-electron chi connectivity index (χ2n) is 5.70. The van der Waals surface area contributed by atoms with Crippen molar-refractivity contribution in [3.8, 4) is 0 Å². The maximum Gasteiger partial charge on any atom is 0.268 e. The SMILES string of the molecule is CCN(C(=O)c1cc2c(=O)n3ccccc3nc2s1)c1cccc(Cl)c1. The average molecular weight is 384 g/mol. The summed E-state index contributed by atoms with van der Waals surface area (Å²) in [6.45, 7) is 2.38. The molecule has 7 heteroatoms. The van der Waals surface area contributed by atoms with Gasteiger partial charge in [-0.15, -0.1) is 11.3 Å². The zero-order valence-corrected chi connectivity index (χ0v) is 15.4. The maximum atomic E-state index is 13.0. The summed E-state index contributed by atoms with van der Waals surface area (Å²) in [5, 5.41) is 1.01. The van der Waals surface area contributed by atoms with Crippen molar-refractivity contribution in [1.82, 2.24) is 9.38 Å². The number of aromatic nitrogens is 2. The standard InChI is InChI=1S/C19H14ClN3O2S/c1-2-22(13-7-5-6-12(20)10-13)19(25)15-11-14-17(26-15)21-16-8-3-4-9-23(16)18(14)24/h3-11H,2H2,1H3. The van der Waals surface area contributed by atoms with Crippen LogP contribution >= 0.6 is 22.9 Å². The summed E-state index contributed by atoms with van der Waals surface area (Å²) >= 11 is 7.28. The first kappa shape index (κ1) is 16.8. The Kier molecular flexibility index (Phi) is 4.22. The molecule has 0 atom stereocenters. The molecule has 0 unspecified atom stereocenters. The summed E-state index contributed by atoms with van der Waals surface area (Å²) in [7, 11) is 0. The predicted molar refractivity (Wildman–Crippen MR) is 106 cm³/mol. The molecule has 3 heterocycles. The van der Waals surface area contributed by atoms with Crippen LogP contribution in [0.4, 0.5) is 5.69 Å². The van der Waals surface area contributed by atoms with Crippen LogP contribution in [0.3, 0.4) is 0 Å². The topological polar surface area (TPSA) is 54.7 Å². The minimum atomic E-state index is -0.175. The Morgan fingerprint density at radius 3 is 2.85 bits per heavy atom. The highest BCUT2D eigenvalue weighted by atomic mass is 35.5. The lowest BCUT2D eigenvalue weighted by Crippen LogP contribution is -2.29. The smallest absolute Gasteiger partial charge is 0.268 e. The molecule has 1 amide bonds. The fourth-order valence-electron chi connectivity index (χ4n) is 2.87. The van der Waals surface area contributed by atoms with Gasteiger partial charge in [0.1, 0.15) is 10.5 Å². The molecule has 0 saturated heterocycles. The van der Waals surface area contributed by atoms with Crippen molar-refractivity contribution in [2.75, 3.05) is 11.4 Å². The van der Waals surface area contributed by atoms with Crippen molar-refractivity contribution in [3.05, 3.63) is 75.0 Å². The Morgan fingerprint density at radius 1 is 1.23 bits per heavy atom. The van der Waals surface area contributed by atoms with Crippen LogP contribution in [0.2, 0.25) is 5.02 Å². The van der Waals surface area contributed by atoms with Gasteiger partial charge in [-0.2, -0.15) is 0 Å². The average Bonchev–Trinajstić information content (AvgIpc) is 3.07. The summed E-state index contributed by atoms with van der Waals surface area (Å²) in [6, 6.07) is 14.2. The third-order valence-corrected chi connectivity index (χ3v) is 5.36. The molecule has 1 aromatic carbocycles. The number of hydrogen-bond acceptors (Lipinski definition) is 4. The summed E-state index contributed by atoms with van der Waals surface area (Å²) in [4.78, 5) is 32.9. The van der Waals surface area contributed by atoms with Crippen LogP contribution in [0.1, 0.15) is 16.6 Å². The molecular formula is C19H14ClN3O2S. The van der Waals surface area contributed by atoms with Crippen LogP contribution in [0.15, 0.2) is 59.5 Å². The second kappa shape index (κ2) is 6.55. The zero-order valence-electron chi connectivity index (χ0n) is 13.8. The molecule has 0 saturated carbocycles. The molecule has 0 aliphatic rings. The van der Waals surface area contributed by atoms with E-state index in [2.05, 4.69) is 4.98 Å². The summed E-state index contributed by atoms with van der Waals surface area (Å²) in [5.74, 6) is -0.175. The lowest BCUT2D eigenvalue weighted by Gasteiger charge is -2.20. The molecule has 0 aliphatic carbocycles. The molecule has 3 aromatic heterocycles. The van der Waals surface area contributed by atoms with Gasteiger partial charge in [-0.1, -0.05) is 23.7 Å². The third kappa shape index (κ3) is 2.77. The van der Waals surface area contributed by atoms with Crippen LogP contribution in [0.5, 0.6) is 0 Å². The Hall–Kier alpha value is -2.70. The van der Waals surface area contributed by atoms with Crippen molar-refractivity contribution in [2.24, 2.45) is 0 Å². The van der Waals surface area contributed by atoms with Crippen molar-refractivity contribution >= 4 is 50.4 Å². The molecule has 0 aliphatic heterocycles. The normalized spacial score (nSPS) is 11.2. The minimum absolute atomic E-state index is 0.174. The van der Waals surface area contributed by atoms with Gasteiger partial charge in [-0.25, -0.2) is 4.98 Å². The summed E-state index contributed by atoms with van der Waals surface area (Å²) in [6.07, 6.45) is 1.67. The number of anilines is 1. The number of fused-ring (bicyclic) bond motifs is 2. The van der Waals surface area contributed by atoms with E-state index in [9.17, 15) is 9.59 Å². The van der Waals surface area contributed by atoms with E-state index >= 15 is 0 Å². The number of thiophene rings is 1. The first-order valence-electron chi connectivity index (χ1n) is 8.07. The Labute approximate surface area is 158 Å². The number of pyridine rings is 1.